The fourth-order valence-electron chi connectivity index (χ4n) is 3.99. The van der Waals surface area contributed by atoms with Gasteiger partial charge in [0.1, 0.15) is 0 Å². The van der Waals surface area contributed by atoms with Gasteiger partial charge in [-0.2, -0.15) is 5.10 Å². The molecule has 0 saturated carbocycles. The number of carboxylic acid groups (broad SMARTS) is 1. The molecule has 5 rings (SSSR count). The van der Waals surface area contributed by atoms with E-state index >= 15 is 0 Å². The number of fused-ring (bicyclic) bond motifs is 1. The molecule has 0 saturated heterocycles. The van der Waals surface area contributed by atoms with Crippen molar-refractivity contribution in [1.29, 1.82) is 0 Å². The van der Waals surface area contributed by atoms with Crippen molar-refractivity contribution in [3.8, 4) is 11.3 Å². The van der Waals surface area contributed by atoms with E-state index in [4.69, 9.17) is 17.3 Å². The summed E-state index contributed by atoms with van der Waals surface area (Å²) in [6, 6.07) is 22.8. The standard InChI is InChI=1S/C26H20ClN5O3/c27-20-9-8-17(14-31-23-7-2-1-6-22(23)29-26(31)28)13-19(20)21-10-11-24(33)32(30-21)15-16-4-3-5-18(12-16)25(34)35/h1-13H,14-15H2,(H2,28,29)(H,34,35). The Kier molecular flexibility index (Phi) is 5.80. The number of benzene rings is 3. The summed E-state index contributed by atoms with van der Waals surface area (Å²) in [5.74, 6) is -0.617. The quantitative estimate of drug-likeness (QED) is 0.370. The third kappa shape index (κ3) is 4.51. The van der Waals surface area contributed by atoms with Gasteiger partial charge < -0.3 is 15.4 Å². The van der Waals surface area contributed by atoms with E-state index in [1.54, 1.807) is 24.3 Å². The summed E-state index contributed by atoms with van der Waals surface area (Å²) in [5, 5.41) is 14.2. The van der Waals surface area contributed by atoms with Crippen LogP contribution in [0.3, 0.4) is 0 Å². The topological polar surface area (TPSA) is 116 Å². The number of nitrogen functional groups attached to an aromatic ring is 1. The highest BCUT2D eigenvalue weighted by Gasteiger charge is 2.13. The molecule has 0 radical (unpaired) electrons. The lowest BCUT2D eigenvalue weighted by Crippen LogP contribution is -2.23. The van der Waals surface area contributed by atoms with Gasteiger partial charge in [-0.3, -0.25) is 4.79 Å². The maximum absolute atomic E-state index is 12.5. The monoisotopic (exact) mass is 485 g/mol. The summed E-state index contributed by atoms with van der Waals surface area (Å²) in [5.41, 5.74) is 10.5. The third-order valence-electron chi connectivity index (χ3n) is 5.70. The lowest BCUT2D eigenvalue weighted by atomic mass is 10.1. The number of rotatable bonds is 6. The molecule has 3 N–H and O–H groups in total. The number of hydrogen-bond acceptors (Lipinski definition) is 5. The number of carboxylic acids is 1. The third-order valence-corrected chi connectivity index (χ3v) is 6.03. The van der Waals surface area contributed by atoms with Crippen LogP contribution >= 0.6 is 11.6 Å². The highest BCUT2D eigenvalue weighted by Crippen LogP contribution is 2.28. The number of aromatic carboxylic acids is 1. The molecular weight excluding hydrogens is 466 g/mol. The van der Waals surface area contributed by atoms with E-state index in [2.05, 4.69) is 10.1 Å². The minimum absolute atomic E-state index is 0.128. The van der Waals surface area contributed by atoms with Crippen molar-refractivity contribution in [2.75, 3.05) is 5.73 Å². The van der Waals surface area contributed by atoms with Crippen LogP contribution in [0.15, 0.2) is 83.7 Å². The zero-order valence-electron chi connectivity index (χ0n) is 18.4. The Labute approximate surface area is 204 Å². The molecule has 0 unspecified atom stereocenters. The highest BCUT2D eigenvalue weighted by atomic mass is 35.5. The average molecular weight is 486 g/mol. The SMILES string of the molecule is Nc1nc2ccccc2n1Cc1ccc(Cl)c(-c2ccc(=O)n(Cc3cccc(C(=O)O)c3)n2)c1. The second-order valence-electron chi connectivity index (χ2n) is 8.08. The summed E-state index contributed by atoms with van der Waals surface area (Å²) in [7, 11) is 0. The minimum Gasteiger partial charge on any atom is -0.478 e. The number of nitrogens with zero attached hydrogens (tertiary/aromatic N) is 4. The van der Waals surface area contributed by atoms with Gasteiger partial charge in [0.15, 0.2) is 0 Å². The maximum Gasteiger partial charge on any atom is 0.335 e. The molecule has 9 heteroatoms. The van der Waals surface area contributed by atoms with E-state index in [1.165, 1.54) is 22.9 Å². The molecule has 8 nitrogen and oxygen atoms in total. The molecule has 3 aromatic carbocycles. The van der Waals surface area contributed by atoms with Gasteiger partial charge in [-0.25, -0.2) is 14.5 Å². The van der Waals surface area contributed by atoms with E-state index < -0.39 is 5.97 Å². The van der Waals surface area contributed by atoms with Crippen molar-refractivity contribution in [1.82, 2.24) is 19.3 Å². The Bertz CT molecular complexity index is 1640. The first-order valence-corrected chi connectivity index (χ1v) is 11.2. The fraction of sp³-hybridized carbons (Fsp3) is 0.0769. The number of anilines is 1. The van der Waals surface area contributed by atoms with Crippen molar-refractivity contribution in [3.05, 3.63) is 111 Å². The fourth-order valence-corrected chi connectivity index (χ4v) is 4.21. The van der Waals surface area contributed by atoms with Crippen molar-refractivity contribution in [2.24, 2.45) is 0 Å². The largest absolute Gasteiger partial charge is 0.478 e. The summed E-state index contributed by atoms with van der Waals surface area (Å²) in [6.07, 6.45) is 0. The molecule has 5 aromatic rings. The van der Waals surface area contributed by atoms with Crippen LogP contribution in [0.2, 0.25) is 5.02 Å². The molecule has 0 amide bonds. The highest BCUT2D eigenvalue weighted by molar-refractivity contribution is 6.33. The minimum atomic E-state index is -1.03. The van der Waals surface area contributed by atoms with Gasteiger partial charge in [0.2, 0.25) is 5.95 Å². The van der Waals surface area contributed by atoms with Gasteiger partial charge in [0, 0.05) is 11.6 Å². The van der Waals surface area contributed by atoms with Crippen LogP contribution < -0.4 is 11.3 Å². The molecule has 0 atom stereocenters. The first-order chi connectivity index (χ1) is 16.9. The van der Waals surface area contributed by atoms with Gasteiger partial charge in [-0.05, 0) is 53.6 Å². The van der Waals surface area contributed by atoms with E-state index in [0.29, 0.717) is 34.3 Å². The van der Waals surface area contributed by atoms with Gasteiger partial charge >= 0.3 is 5.97 Å². The number of nitrogens with two attached hydrogens (primary N) is 1. The summed E-state index contributed by atoms with van der Waals surface area (Å²) in [6.45, 7) is 0.612. The van der Waals surface area contributed by atoms with Gasteiger partial charge in [-0.15, -0.1) is 0 Å². The number of aromatic nitrogens is 4. The Balaban J connectivity index is 1.49. The molecule has 2 aromatic heterocycles. The van der Waals surface area contributed by atoms with E-state index in [0.717, 1.165) is 16.6 Å². The molecule has 0 aliphatic carbocycles. The smallest absolute Gasteiger partial charge is 0.335 e. The first kappa shape index (κ1) is 22.4. The number of carbonyl (C=O) groups is 1. The molecular formula is C26H20ClN5O3. The Morgan fingerprint density at radius 2 is 1.74 bits per heavy atom. The molecule has 0 aliphatic heterocycles. The lowest BCUT2D eigenvalue weighted by molar-refractivity contribution is 0.0696. The van der Waals surface area contributed by atoms with Crippen molar-refractivity contribution < 1.29 is 9.90 Å². The average Bonchev–Trinajstić information content (AvgIpc) is 3.17. The summed E-state index contributed by atoms with van der Waals surface area (Å²) in [4.78, 5) is 28.2. The van der Waals surface area contributed by atoms with Crippen molar-refractivity contribution in [2.45, 2.75) is 13.1 Å². The second-order valence-corrected chi connectivity index (χ2v) is 8.49. The van der Waals surface area contributed by atoms with Crippen molar-refractivity contribution in [3.63, 3.8) is 0 Å². The zero-order chi connectivity index (χ0) is 24.5. The predicted octanol–water partition coefficient (Wildman–Crippen LogP) is 4.29. The number of halogens is 1. The number of imidazole rings is 1. The van der Waals surface area contributed by atoms with Crippen LogP contribution in [-0.2, 0) is 13.1 Å². The molecule has 2 heterocycles. The van der Waals surface area contributed by atoms with Crippen LogP contribution in [0, 0.1) is 0 Å². The van der Waals surface area contributed by atoms with Gasteiger partial charge in [0.25, 0.3) is 5.56 Å². The molecule has 0 aliphatic rings. The van der Waals surface area contributed by atoms with Crippen LogP contribution in [-0.4, -0.2) is 30.4 Å². The Morgan fingerprint density at radius 3 is 2.57 bits per heavy atom. The molecule has 0 spiro atoms. The maximum atomic E-state index is 12.5. The van der Waals surface area contributed by atoms with Gasteiger partial charge in [-0.1, -0.05) is 41.9 Å². The zero-order valence-corrected chi connectivity index (χ0v) is 19.2. The second kappa shape index (κ2) is 9.08. The van der Waals surface area contributed by atoms with Crippen LogP contribution in [0.4, 0.5) is 5.95 Å². The van der Waals surface area contributed by atoms with Crippen LogP contribution in [0.5, 0.6) is 0 Å². The van der Waals surface area contributed by atoms with E-state index in [1.807, 2.05) is 41.0 Å². The van der Waals surface area contributed by atoms with Crippen molar-refractivity contribution >= 4 is 34.6 Å². The molecule has 0 bridgehead atoms. The normalized spacial score (nSPS) is 11.1. The van der Waals surface area contributed by atoms with Gasteiger partial charge in [0.05, 0.1) is 40.4 Å². The Hall–Kier alpha value is -4.43. The molecule has 0 fully saturated rings. The first-order valence-electron chi connectivity index (χ1n) is 10.8. The Morgan fingerprint density at radius 1 is 0.943 bits per heavy atom. The van der Waals surface area contributed by atoms with Crippen LogP contribution in [0.25, 0.3) is 22.3 Å². The summed E-state index contributed by atoms with van der Waals surface area (Å²) < 4.78 is 3.22. The summed E-state index contributed by atoms with van der Waals surface area (Å²) >= 11 is 6.51. The predicted molar refractivity (Wildman–Crippen MR) is 135 cm³/mol. The molecule has 174 valence electrons. The molecule has 35 heavy (non-hydrogen) atoms. The van der Waals surface area contributed by atoms with Crippen LogP contribution in [0.1, 0.15) is 21.5 Å². The van der Waals surface area contributed by atoms with E-state index in [-0.39, 0.29) is 17.7 Å². The number of para-hydroxylation sites is 2. The van der Waals surface area contributed by atoms with E-state index in [9.17, 15) is 14.7 Å². The lowest BCUT2D eigenvalue weighted by Gasteiger charge is -2.12. The number of hydrogen-bond donors (Lipinski definition) is 2.